The second-order valence-corrected chi connectivity index (χ2v) is 22.4. The summed E-state index contributed by atoms with van der Waals surface area (Å²) >= 11 is 0. The number of fused-ring (bicyclic) bond motifs is 17. The Morgan fingerprint density at radius 2 is 1.39 bits per heavy atom. The van der Waals surface area contributed by atoms with E-state index in [1.165, 1.54) is 16.8 Å². The van der Waals surface area contributed by atoms with E-state index in [1.54, 1.807) is 12.1 Å². The van der Waals surface area contributed by atoms with Gasteiger partial charge >= 0.3 is 11.5 Å². The van der Waals surface area contributed by atoms with E-state index in [0.29, 0.717) is 22.2 Å². The van der Waals surface area contributed by atoms with E-state index in [4.69, 9.17) is 4.42 Å². The summed E-state index contributed by atoms with van der Waals surface area (Å²) in [6.07, 6.45) is 2.28. The maximum Gasteiger partial charge on any atom is 0.365 e. The van der Waals surface area contributed by atoms with Crippen LogP contribution in [0.3, 0.4) is 0 Å². The van der Waals surface area contributed by atoms with E-state index in [9.17, 15) is 0 Å². The third-order valence-electron chi connectivity index (χ3n) is 13.0. The third kappa shape index (κ3) is 4.40. The largest absolute Gasteiger partial charge is 0.455 e. The van der Waals surface area contributed by atoms with Gasteiger partial charge in [-0.2, -0.15) is 4.57 Å². The van der Waals surface area contributed by atoms with Crippen molar-refractivity contribution in [3.05, 3.63) is 180 Å². The predicted octanol–water partition coefficient (Wildman–Crippen LogP) is 11.6. The summed E-state index contributed by atoms with van der Waals surface area (Å²) in [5.41, 5.74) is 10.8. The number of para-hydroxylation sites is 1. The van der Waals surface area contributed by atoms with E-state index in [-0.39, 0.29) is 11.6 Å². The smallest absolute Gasteiger partial charge is 0.365 e. The molecule has 59 heavy (non-hydrogen) atoms. The second kappa shape index (κ2) is 11.7. The molecule has 0 N–H and O–H groups in total. The monoisotopic (exact) mass is 787 g/mol. The van der Waals surface area contributed by atoms with Gasteiger partial charge in [-0.1, -0.05) is 92.4 Å². The molecule has 2 aliphatic heterocycles. The summed E-state index contributed by atoms with van der Waals surface area (Å²) in [5.74, 6) is 0.134. The quantitative estimate of drug-likeness (QED) is 0.129. The Bertz CT molecular complexity index is 3500. The van der Waals surface area contributed by atoms with Crippen LogP contribution in [-0.4, -0.2) is 12.6 Å². The minimum atomic E-state index is -1.94. The van der Waals surface area contributed by atoms with E-state index < -0.39 is 13.7 Å². The van der Waals surface area contributed by atoms with Crippen LogP contribution in [0.4, 0.5) is 8.78 Å². The van der Waals surface area contributed by atoms with Gasteiger partial charge in [-0.05, 0) is 108 Å². The number of halogens is 2. The summed E-state index contributed by atoms with van der Waals surface area (Å²) in [7, 11) is -1.94. The van der Waals surface area contributed by atoms with Crippen LogP contribution in [0, 0.1) is 25.5 Å². The SMILES string of the molecule is Cc1ccccc1-c1ccc2c(c1)oc1c3c(ccc12)C1(c2cccc(F)c2-c2cc(C)c([Si](C)(C)C)c[n+]21)[n+]1c-3n(-c2ccc3ccccc3c2)c2c(F)cccc21. The molecule has 4 nitrogen and oxygen atoms in total. The summed E-state index contributed by atoms with van der Waals surface area (Å²) in [6, 6.07) is 46.7. The normalized spacial score (nSPS) is 15.4. The summed E-state index contributed by atoms with van der Waals surface area (Å²) in [6.45, 7) is 11.3. The van der Waals surface area contributed by atoms with Crippen molar-refractivity contribution in [1.82, 2.24) is 4.57 Å². The van der Waals surface area contributed by atoms with Crippen LogP contribution < -0.4 is 14.3 Å². The van der Waals surface area contributed by atoms with Gasteiger partial charge in [-0.3, -0.25) is 0 Å². The van der Waals surface area contributed by atoms with Crippen molar-refractivity contribution < 1.29 is 22.3 Å². The number of aryl methyl sites for hydroxylation is 2. The first-order chi connectivity index (χ1) is 28.6. The molecule has 1 atom stereocenters. The zero-order chi connectivity index (χ0) is 40.1. The van der Waals surface area contributed by atoms with Crippen LogP contribution >= 0.6 is 0 Å². The molecule has 5 heterocycles. The Hall–Kier alpha value is -6.70. The number of imidazole rings is 1. The first-order valence-corrected chi connectivity index (χ1v) is 23.7. The fourth-order valence-electron chi connectivity index (χ4n) is 10.5. The summed E-state index contributed by atoms with van der Waals surface area (Å²) < 4.78 is 47.5. The van der Waals surface area contributed by atoms with Gasteiger partial charge in [0.15, 0.2) is 23.1 Å². The van der Waals surface area contributed by atoms with Gasteiger partial charge in [0.25, 0.3) is 0 Å². The van der Waals surface area contributed by atoms with Crippen LogP contribution in [-0.2, 0) is 5.66 Å². The standard InChI is InChI=1S/C52H39F2N3OSi/c1-30-12-6-9-15-36(30)34-21-23-37-38-24-25-40-48(50(38)58-45(37)28-34)51-56(35-22-20-32-13-7-8-14-33(32)27-35)49-42(54)18-11-19-43(49)57(51)52(40)39-16-10-17-41(53)47(39)44-26-31(2)46(29-55(44)52)59(3,4)5/h6-29H,1-5H3/q+2. The number of furan rings is 1. The molecule has 0 aliphatic carbocycles. The Morgan fingerprint density at radius 3 is 2.22 bits per heavy atom. The molecule has 0 amide bonds. The first kappa shape index (κ1) is 34.3. The Labute approximate surface area is 340 Å². The highest BCUT2D eigenvalue weighted by molar-refractivity contribution is 6.88. The van der Waals surface area contributed by atoms with E-state index >= 15 is 8.78 Å². The maximum absolute atomic E-state index is 17.0. The van der Waals surface area contributed by atoms with Gasteiger partial charge in [-0.15, -0.1) is 9.13 Å². The minimum Gasteiger partial charge on any atom is -0.455 e. The molecule has 12 rings (SSSR count). The highest BCUT2D eigenvalue weighted by atomic mass is 28.3. The number of aromatic nitrogens is 3. The van der Waals surface area contributed by atoms with Gasteiger partial charge in [0.1, 0.15) is 22.7 Å². The molecule has 0 bridgehead atoms. The lowest BCUT2D eigenvalue weighted by Gasteiger charge is -2.23. The van der Waals surface area contributed by atoms with Crippen molar-refractivity contribution in [3.8, 4) is 39.5 Å². The molecule has 1 unspecified atom stereocenters. The average Bonchev–Trinajstić information content (AvgIpc) is 3.94. The van der Waals surface area contributed by atoms with Crippen molar-refractivity contribution in [2.75, 3.05) is 0 Å². The van der Waals surface area contributed by atoms with Crippen LogP contribution in [0.25, 0.3) is 83.2 Å². The van der Waals surface area contributed by atoms with E-state index in [0.717, 1.165) is 77.7 Å². The fourth-order valence-corrected chi connectivity index (χ4v) is 12.3. The fraction of sp³-hybridized carbons (Fsp3) is 0.115. The van der Waals surface area contributed by atoms with Crippen molar-refractivity contribution in [2.24, 2.45) is 0 Å². The number of benzene rings is 7. The highest BCUT2D eigenvalue weighted by Crippen LogP contribution is 2.53. The zero-order valence-corrected chi connectivity index (χ0v) is 34.4. The zero-order valence-electron chi connectivity index (χ0n) is 33.4. The molecule has 0 saturated carbocycles. The van der Waals surface area contributed by atoms with Gasteiger partial charge in [0.2, 0.25) is 11.2 Å². The molecule has 284 valence electrons. The Balaban J connectivity index is 1.30. The summed E-state index contributed by atoms with van der Waals surface area (Å²) in [5, 5.41) is 5.38. The first-order valence-electron chi connectivity index (χ1n) is 20.2. The molecule has 0 saturated heterocycles. The number of rotatable bonds is 3. The molecule has 0 fully saturated rings. The number of hydrogen-bond donors (Lipinski definition) is 0. The predicted molar refractivity (Wildman–Crippen MR) is 235 cm³/mol. The molecular weight excluding hydrogens is 749 g/mol. The lowest BCUT2D eigenvalue weighted by Crippen LogP contribution is -2.72. The maximum atomic E-state index is 17.0. The van der Waals surface area contributed by atoms with Gasteiger partial charge in [-0.25, -0.2) is 8.78 Å². The van der Waals surface area contributed by atoms with Crippen LogP contribution in [0.1, 0.15) is 22.3 Å². The van der Waals surface area contributed by atoms with Crippen molar-refractivity contribution in [3.63, 3.8) is 0 Å². The Morgan fingerprint density at radius 1 is 0.644 bits per heavy atom. The van der Waals surface area contributed by atoms with Crippen LogP contribution in [0.15, 0.2) is 150 Å². The molecular formula is C52H39F2N3OSi+2. The van der Waals surface area contributed by atoms with Crippen molar-refractivity contribution in [1.29, 1.82) is 0 Å². The Kier molecular flexibility index (Phi) is 6.81. The molecule has 10 aromatic rings. The van der Waals surface area contributed by atoms with Crippen molar-refractivity contribution >= 4 is 57.0 Å². The lowest BCUT2D eigenvalue weighted by molar-refractivity contribution is -0.944. The van der Waals surface area contributed by atoms with Gasteiger partial charge in [0, 0.05) is 22.0 Å². The number of nitrogens with zero attached hydrogens (tertiary/aromatic N) is 3. The van der Waals surface area contributed by atoms with Crippen LogP contribution in [0.2, 0.25) is 19.6 Å². The summed E-state index contributed by atoms with van der Waals surface area (Å²) in [4.78, 5) is 0. The number of hydrogen-bond acceptors (Lipinski definition) is 1. The third-order valence-corrected chi connectivity index (χ3v) is 15.1. The van der Waals surface area contributed by atoms with Crippen molar-refractivity contribution in [2.45, 2.75) is 39.2 Å². The molecule has 1 spiro atoms. The van der Waals surface area contributed by atoms with E-state index in [1.807, 2.05) is 24.3 Å². The van der Waals surface area contributed by atoms with Gasteiger partial charge in [0.05, 0.1) is 24.8 Å². The molecule has 0 radical (unpaired) electrons. The minimum absolute atomic E-state index is 0.290. The topological polar surface area (TPSA) is 25.8 Å². The highest BCUT2D eigenvalue weighted by Gasteiger charge is 2.68. The van der Waals surface area contributed by atoms with Crippen LogP contribution in [0.5, 0.6) is 0 Å². The van der Waals surface area contributed by atoms with Gasteiger partial charge < -0.3 is 4.42 Å². The lowest BCUT2D eigenvalue weighted by atomic mass is 9.88. The molecule has 3 aromatic heterocycles. The molecule has 7 heteroatoms. The van der Waals surface area contributed by atoms with E-state index in [2.05, 4.69) is 150 Å². The second-order valence-electron chi connectivity index (χ2n) is 17.3. The molecule has 7 aromatic carbocycles. The molecule has 2 aliphatic rings. The average molecular weight is 788 g/mol. The number of pyridine rings is 1.